The average molecular weight is 230 g/mol. The zero-order valence-electron chi connectivity index (χ0n) is 9.17. The summed E-state index contributed by atoms with van der Waals surface area (Å²) in [6.07, 6.45) is 0. The first-order chi connectivity index (χ1) is 6.92. The Morgan fingerprint density at radius 3 is 2.53 bits per heavy atom. The van der Waals surface area contributed by atoms with E-state index in [4.69, 9.17) is 22.1 Å². The summed E-state index contributed by atoms with van der Waals surface area (Å²) in [5.74, 6) is 0.454. The smallest absolute Gasteiger partial charge is 0.160 e. The molecule has 0 radical (unpaired) electrons. The Morgan fingerprint density at radius 1 is 1.47 bits per heavy atom. The van der Waals surface area contributed by atoms with E-state index in [0.717, 1.165) is 5.56 Å². The Balaban J connectivity index is 3.30. The molecule has 84 valence electrons. The highest BCUT2D eigenvalue weighted by Crippen LogP contribution is 2.37. The number of methoxy groups -OCH3 is 1. The van der Waals surface area contributed by atoms with Gasteiger partial charge >= 0.3 is 0 Å². The van der Waals surface area contributed by atoms with Crippen LogP contribution < -0.4 is 10.5 Å². The van der Waals surface area contributed by atoms with Gasteiger partial charge in [0.15, 0.2) is 11.5 Å². The normalized spacial score (nSPS) is 11.5. The topological polar surface area (TPSA) is 55.5 Å². The van der Waals surface area contributed by atoms with Gasteiger partial charge in [0.1, 0.15) is 0 Å². The van der Waals surface area contributed by atoms with Crippen molar-refractivity contribution in [2.24, 2.45) is 5.73 Å². The molecule has 0 saturated carbocycles. The molecule has 0 aliphatic carbocycles. The summed E-state index contributed by atoms with van der Waals surface area (Å²) < 4.78 is 5.03. The fourth-order valence-corrected chi connectivity index (χ4v) is 1.75. The Bertz CT molecular complexity index is 364. The third kappa shape index (κ3) is 2.36. The molecule has 0 aromatic heterocycles. The SMILES string of the molecule is COc1cc(C(C)(C)CN)c(Cl)cc1O. The molecule has 1 aromatic carbocycles. The molecule has 1 aromatic rings. The average Bonchev–Trinajstić information content (AvgIpc) is 2.17. The summed E-state index contributed by atoms with van der Waals surface area (Å²) in [7, 11) is 1.50. The van der Waals surface area contributed by atoms with Crippen molar-refractivity contribution in [3.8, 4) is 11.5 Å². The third-order valence-electron chi connectivity index (χ3n) is 2.51. The second-order valence-electron chi connectivity index (χ2n) is 4.09. The fourth-order valence-electron chi connectivity index (χ4n) is 1.33. The summed E-state index contributed by atoms with van der Waals surface area (Å²) in [5, 5.41) is 10.0. The molecule has 0 atom stereocenters. The monoisotopic (exact) mass is 229 g/mol. The summed E-state index contributed by atoms with van der Waals surface area (Å²) in [4.78, 5) is 0. The summed E-state index contributed by atoms with van der Waals surface area (Å²) >= 11 is 6.05. The number of ether oxygens (including phenoxy) is 1. The van der Waals surface area contributed by atoms with Crippen LogP contribution in [0.25, 0.3) is 0 Å². The predicted molar refractivity (Wildman–Crippen MR) is 61.7 cm³/mol. The second kappa shape index (κ2) is 4.29. The van der Waals surface area contributed by atoms with Crippen molar-refractivity contribution < 1.29 is 9.84 Å². The first-order valence-corrected chi connectivity index (χ1v) is 5.07. The van der Waals surface area contributed by atoms with Gasteiger partial charge in [0.2, 0.25) is 0 Å². The van der Waals surface area contributed by atoms with Gasteiger partial charge in [0.25, 0.3) is 0 Å². The van der Waals surface area contributed by atoms with E-state index < -0.39 is 0 Å². The van der Waals surface area contributed by atoms with Gasteiger partial charge in [-0.1, -0.05) is 25.4 Å². The van der Waals surface area contributed by atoms with Crippen LogP contribution in [0, 0.1) is 0 Å². The largest absolute Gasteiger partial charge is 0.504 e. The Kier molecular flexibility index (Phi) is 3.47. The zero-order valence-corrected chi connectivity index (χ0v) is 9.93. The molecular weight excluding hydrogens is 214 g/mol. The van der Waals surface area contributed by atoms with Crippen LogP contribution in [-0.2, 0) is 5.41 Å². The number of halogens is 1. The van der Waals surface area contributed by atoms with Gasteiger partial charge in [-0.3, -0.25) is 0 Å². The Labute approximate surface area is 94.8 Å². The van der Waals surface area contributed by atoms with Gasteiger partial charge in [-0.2, -0.15) is 0 Å². The van der Waals surface area contributed by atoms with E-state index in [1.165, 1.54) is 13.2 Å². The third-order valence-corrected chi connectivity index (χ3v) is 2.82. The summed E-state index contributed by atoms with van der Waals surface area (Å²) in [6.45, 7) is 4.45. The van der Waals surface area contributed by atoms with E-state index in [1.54, 1.807) is 6.07 Å². The summed E-state index contributed by atoms with van der Waals surface area (Å²) in [6, 6.07) is 3.21. The van der Waals surface area contributed by atoms with Gasteiger partial charge in [-0.15, -0.1) is 0 Å². The van der Waals surface area contributed by atoms with Gasteiger partial charge < -0.3 is 15.6 Å². The van der Waals surface area contributed by atoms with Crippen LogP contribution in [0.3, 0.4) is 0 Å². The molecule has 0 aliphatic rings. The minimum atomic E-state index is -0.238. The highest BCUT2D eigenvalue weighted by atomic mass is 35.5. The number of hydrogen-bond acceptors (Lipinski definition) is 3. The van der Waals surface area contributed by atoms with E-state index in [9.17, 15) is 5.11 Å². The molecule has 15 heavy (non-hydrogen) atoms. The van der Waals surface area contributed by atoms with Crippen molar-refractivity contribution in [3.05, 3.63) is 22.7 Å². The minimum Gasteiger partial charge on any atom is -0.504 e. The van der Waals surface area contributed by atoms with Crippen molar-refractivity contribution >= 4 is 11.6 Å². The molecule has 3 nitrogen and oxygen atoms in total. The Morgan fingerprint density at radius 2 is 2.07 bits per heavy atom. The maximum absolute atomic E-state index is 9.51. The molecule has 0 heterocycles. The molecule has 0 bridgehead atoms. The van der Waals surface area contributed by atoms with Crippen molar-refractivity contribution in [3.63, 3.8) is 0 Å². The van der Waals surface area contributed by atoms with E-state index in [1.807, 2.05) is 13.8 Å². The first-order valence-electron chi connectivity index (χ1n) is 4.69. The molecular formula is C11H16ClNO2. The van der Waals surface area contributed by atoms with E-state index in [-0.39, 0.29) is 11.2 Å². The van der Waals surface area contributed by atoms with E-state index in [0.29, 0.717) is 17.3 Å². The second-order valence-corrected chi connectivity index (χ2v) is 4.50. The van der Waals surface area contributed by atoms with Crippen LogP contribution in [0.2, 0.25) is 5.02 Å². The van der Waals surface area contributed by atoms with Gasteiger partial charge in [-0.25, -0.2) is 0 Å². The first kappa shape index (κ1) is 12.1. The van der Waals surface area contributed by atoms with Crippen molar-refractivity contribution in [2.75, 3.05) is 13.7 Å². The number of rotatable bonds is 3. The van der Waals surface area contributed by atoms with Crippen LogP contribution in [0.1, 0.15) is 19.4 Å². The standard InChI is InChI=1S/C11H16ClNO2/c1-11(2,6-13)7-4-10(15-3)9(14)5-8(7)12/h4-5,14H,6,13H2,1-3H3. The zero-order chi connectivity index (χ0) is 11.6. The number of phenols is 1. The lowest BCUT2D eigenvalue weighted by atomic mass is 9.84. The Hall–Kier alpha value is -0.930. The minimum absolute atomic E-state index is 0.0408. The molecule has 3 N–H and O–H groups in total. The maximum Gasteiger partial charge on any atom is 0.160 e. The van der Waals surface area contributed by atoms with Crippen molar-refractivity contribution in [1.29, 1.82) is 0 Å². The van der Waals surface area contributed by atoms with Crippen molar-refractivity contribution in [2.45, 2.75) is 19.3 Å². The van der Waals surface area contributed by atoms with Gasteiger partial charge in [-0.05, 0) is 11.6 Å². The van der Waals surface area contributed by atoms with E-state index >= 15 is 0 Å². The van der Waals surface area contributed by atoms with Crippen LogP contribution in [0.15, 0.2) is 12.1 Å². The van der Waals surface area contributed by atoms with Crippen LogP contribution in [0.5, 0.6) is 11.5 Å². The fraction of sp³-hybridized carbons (Fsp3) is 0.455. The molecule has 0 saturated heterocycles. The predicted octanol–water partition coefficient (Wildman–Crippen LogP) is 2.29. The van der Waals surface area contributed by atoms with Gasteiger partial charge in [0.05, 0.1) is 7.11 Å². The number of benzene rings is 1. The van der Waals surface area contributed by atoms with Crippen LogP contribution in [-0.4, -0.2) is 18.8 Å². The van der Waals surface area contributed by atoms with Crippen LogP contribution in [0.4, 0.5) is 0 Å². The lowest BCUT2D eigenvalue weighted by molar-refractivity contribution is 0.371. The lowest BCUT2D eigenvalue weighted by Crippen LogP contribution is -2.28. The maximum atomic E-state index is 9.51. The van der Waals surface area contributed by atoms with Crippen LogP contribution >= 0.6 is 11.6 Å². The summed E-state index contributed by atoms with van der Waals surface area (Å²) in [5.41, 5.74) is 6.31. The van der Waals surface area contributed by atoms with Crippen molar-refractivity contribution in [1.82, 2.24) is 0 Å². The molecule has 4 heteroatoms. The highest BCUT2D eigenvalue weighted by molar-refractivity contribution is 6.31. The molecule has 0 unspecified atom stereocenters. The quantitative estimate of drug-likeness (QED) is 0.836. The number of phenolic OH excluding ortho intramolecular Hbond substituents is 1. The highest BCUT2D eigenvalue weighted by Gasteiger charge is 2.23. The number of hydrogen-bond donors (Lipinski definition) is 2. The van der Waals surface area contributed by atoms with Gasteiger partial charge in [0, 0.05) is 23.0 Å². The molecule has 0 aliphatic heterocycles. The number of nitrogens with two attached hydrogens (primary N) is 1. The molecule has 1 rings (SSSR count). The number of aromatic hydroxyl groups is 1. The molecule has 0 fully saturated rings. The lowest BCUT2D eigenvalue weighted by Gasteiger charge is -2.25. The van der Waals surface area contributed by atoms with E-state index in [2.05, 4.69) is 0 Å². The molecule has 0 amide bonds. The molecule has 0 spiro atoms.